The molecule has 2 rings (SSSR count). The quantitative estimate of drug-likeness (QED) is 0.912. The van der Waals surface area contributed by atoms with Crippen LogP contribution in [0.3, 0.4) is 0 Å². The summed E-state index contributed by atoms with van der Waals surface area (Å²) >= 11 is 6.08. The summed E-state index contributed by atoms with van der Waals surface area (Å²) in [5.41, 5.74) is 6.19. The van der Waals surface area contributed by atoms with Crippen LogP contribution >= 0.6 is 11.6 Å². The highest BCUT2D eigenvalue weighted by molar-refractivity contribution is 6.33. The van der Waals surface area contributed by atoms with Crippen LogP contribution in [-0.2, 0) is 10.3 Å². The van der Waals surface area contributed by atoms with Gasteiger partial charge in [-0.25, -0.2) is 0 Å². The summed E-state index contributed by atoms with van der Waals surface area (Å²) in [5.74, 6) is 0.261. The number of anilines is 1. The average molecular weight is 305 g/mol. The molecule has 2 aromatic rings. The molecule has 110 valence electrons. The fourth-order valence-electron chi connectivity index (χ4n) is 1.89. The molecule has 3 N–H and O–H groups in total. The van der Waals surface area contributed by atoms with E-state index < -0.39 is 5.54 Å². The first kappa shape index (κ1) is 15.4. The van der Waals surface area contributed by atoms with Crippen LogP contribution in [0, 0.1) is 0 Å². The molecular weight excluding hydrogens is 288 g/mol. The lowest BCUT2D eigenvalue weighted by atomic mass is 9.92. The minimum Gasteiger partial charge on any atom is -0.497 e. The Morgan fingerprint density at radius 3 is 2.52 bits per heavy atom. The maximum Gasteiger partial charge on any atom is 0.248 e. The lowest BCUT2D eigenvalue weighted by molar-refractivity contribution is -0.120. The molecule has 0 aromatic heterocycles. The van der Waals surface area contributed by atoms with E-state index in [1.807, 2.05) is 30.3 Å². The minimum atomic E-state index is -1.16. The van der Waals surface area contributed by atoms with Gasteiger partial charge in [-0.3, -0.25) is 4.79 Å². The molecule has 0 heterocycles. The Labute approximate surface area is 128 Å². The van der Waals surface area contributed by atoms with E-state index in [0.29, 0.717) is 16.5 Å². The molecule has 0 bridgehead atoms. The van der Waals surface area contributed by atoms with Gasteiger partial charge >= 0.3 is 0 Å². The molecule has 0 aliphatic heterocycles. The van der Waals surface area contributed by atoms with Gasteiger partial charge in [-0.1, -0.05) is 41.9 Å². The van der Waals surface area contributed by atoms with E-state index in [2.05, 4.69) is 5.32 Å². The monoisotopic (exact) mass is 304 g/mol. The van der Waals surface area contributed by atoms with Gasteiger partial charge in [-0.15, -0.1) is 0 Å². The molecule has 0 saturated heterocycles. The summed E-state index contributed by atoms with van der Waals surface area (Å²) in [6, 6.07) is 14.2. The molecule has 0 saturated carbocycles. The smallest absolute Gasteiger partial charge is 0.248 e. The predicted molar refractivity (Wildman–Crippen MR) is 84.6 cm³/mol. The maximum atomic E-state index is 12.5. The number of carbonyl (C=O) groups excluding carboxylic acids is 1. The first-order valence-corrected chi connectivity index (χ1v) is 6.82. The van der Waals surface area contributed by atoms with Gasteiger partial charge in [0.05, 0.1) is 17.8 Å². The van der Waals surface area contributed by atoms with Crippen molar-refractivity contribution in [3.05, 3.63) is 59.1 Å². The second-order valence-corrected chi connectivity index (χ2v) is 5.28. The fraction of sp³-hybridized carbons (Fsp3) is 0.188. The van der Waals surface area contributed by atoms with Gasteiger partial charge in [0.25, 0.3) is 0 Å². The van der Waals surface area contributed by atoms with E-state index in [1.54, 1.807) is 32.2 Å². The van der Waals surface area contributed by atoms with Crippen molar-refractivity contribution in [1.82, 2.24) is 0 Å². The van der Waals surface area contributed by atoms with E-state index in [-0.39, 0.29) is 5.91 Å². The number of hydrogen-bond donors (Lipinski definition) is 2. The van der Waals surface area contributed by atoms with Gasteiger partial charge in [0.1, 0.15) is 11.3 Å². The predicted octanol–water partition coefficient (Wildman–Crippen LogP) is 3.16. The Bertz CT molecular complexity index is 642. The van der Waals surface area contributed by atoms with Crippen molar-refractivity contribution in [2.75, 3.05) is 12.4 Å². The van der Waals surface area contributed by atoms with E-state index in [0.717, 1.165) is 5.56 Å². The number of benzene rings is 2. The Morgan fingerprint density at radius 2 is 1.90 bits per heavy atom. The number of ether oxygens (including phenoxy) is 1. The van der Waals surface area contributed by atoms with Crippen molar-refractivity contribution in [2.24, 2.45) is 5.73 Å². The maximum absolute atomic E-state index is 12.5. The summed E-state index contributed by atoms with van der Waals surface area (Å²) in [4.78, 5) is 12.5. The first-order chi connectivity index (χ1) is 9.95. The number of carbonyl (C=O) groups is 1. The molecule has 2 aromatic carbocycles. The van der Waals surface area contributed by atoms with Crippen molar-refractivity contribution in [3.63, 3.8) is 0 Å². The van der Waals surface area contributed by atoms with Crippen molar-refractivity contribution >= 4 is 23.2 Å². The number of amides is 1. The fourth-order valence-corrected chi connectivity index (χ4v) is 2.06. The molecule has 5 heteroatoms. The second kappa shape index (κ2) is 6.16. The van der Waals surface area contributed by atoms with E-state index in [1.165, 1.54) is 0 Å². The van der Waals surface area contributed by atoms with E-state index in [9.17, 15) is 4.79 Å². The van der Waals surface area contributed by atoms with Crippen LogP contribution in [0.25, 0.3) is 0 Å². The number of halogens is 1. The molecule has 0 aliphatic carbocycles. The molecular formula is C16H17ClN2O2. The lowest BCUT2D eigenvalue weighted by Crippen LogP contribution is -2.45. The number of nitrogens with one attached hydrogen (secondary N) is 1. The zero-order valence-electron chi connectivity index (χ0n) is 11.9. The topological polar surface area (TPSA) is 64.3 Å². The number of rotatable bonds is 4. The zero-order valence-corrected chi connectivity index (χ0v) is 12.6. The third-order valence-corrected chi connectivity index (χ3v) is 3.60. The first-order valence-electron chi connectivity index (χ1n) is 6.44. The minimum absolute atomic E-state index is 0.344. The molecule has 0 fully saturated rings. The molecule has 1 atom stereocenters. The van der Waals surface area contributed by atoms with Gasteiger partial charge in [-0.2, -0.15) is 0 Å². The molecule has 1 amide bonds. The summed E-state index contributed by atoms with van der Waals surface area (Å²) in [6.07, 6.45) is 0. The van der Waals surface area contributed by atoms with Gasteiger partial charge in [0.15, 0.2) is 0 Å². The van der Waals surface area contributed by atoms with E-state index >= 15 is 0 Å². The SMILES string of the molecule is COc1ccc(Cl)c(NC(=O)C(C)(N)c2ccccc2)c1. The average Bonchev–Trinajstić information content (AvgIpc) is 2.50. The molecule has 4 nitrogen and oxygen atoms in total. The number of hydrogen-bond acceptors (Lipinski definition) is 3. The van der Waals surface area contributed by atoms with Crippen LogP contribution in [-0.4, -0.2) is 13.0 Å². The highest BCUT2D eigenvalue weighted by Gasteiger charge is 2.30. The van der Waals surface area contributed by atoms with Crippen molar-refractivity contribution in [3.8, 4) is 5.75 Å². The summed E-state index contributed by atoms with van der Waals surface area (Å²) in [5, 5.41) is 3.17. The van der Waals surface area contributed by atoms with Crippen LogP contribution in [0.15, 0.2) is 48.5 Å². The molecule has 1 unspecified atom stereocenters. The van der Waals surface area contributed by atoms with Crippen LogP contribution in [0.5, 0.6) is 5.75 Å². The van der Waals surface area contributed by atoms with Gasteiger partial charge in [0, 0.05) is 6.07 Å². The summed E-state index contributed by atoms with van der Waals surface area (Å²) in [7, 11) is 1.55. The largest absolute Gasteiger partial charge is 0.497 e. The van der Waals surface area contributed by atoms with Crippen LogP contribution < -0.4 is 15.8 Å². The Hall–Kier alpha value is -2.04. The highest BCUT2D eigenvalue weighted by Crippen LogP contribution is 2.28. The van der Waals surface area contributed by atoms with Crippen LogP contribution in [0.4, 0.5) is 5.69 Å². The van der Waals surface area contributed by atoms with Gasteiger partial charge < -0.3 is 15.8 Å². The normalized spacial score (nSPS) is 13.3. The third-order valence-electron chi connectivity index (χ3n) is 3.27. The summed E-state index contributed by atoms with van der Waals surface area (Å²) in [6.45, 7) is 1.66. The standard InChI is InChI=1S/C16H17ClN2O2/c1-16(18,11-6-4-3-5-7-11)15(20)19-14-10-12(21-2)8-9-13(14)17/h3-10H,18H2,1-2H3,(H,19,20). The summed E-state index contributed by atoms with van der Waals surface area (Å²) < 4.78 is 5.12. The second-order valence-electron chi connectivity index (χ2n) is 4.87. The zero-order chi connectivity index (χ0) is 15.5. The Balaban J connectivity index is 2.25. The molecule has 0 spiro atoms. The third kappa shape index (κ3) is 3.35. The van der Waals surface area contributed by atoms with Gasteiger partial charge in [0.2, 0.25) is 5.91 Å². The van der Waals surface area contributed by atoms with Crippen LogP contribution in [0.1, 0.15) is 12.5 Å². The van der Waals surface area contributed by atoms with Crippen molar-refractivity contribution in [2.45, 2.75) is 12.5 Å². The molecule has 21 heavy (non-hydrogen) atoms. The number of nitrogens with two attached hydrogens (primary N) is 1. The highest BCUT2D eigenvalue weighted by atomic mass is 35.5. The Kier molecular flexibility index (Phi) is 4.50. The molecule has 0 radical (unpaired) electrons. The molecule has 0 aliphatic rings. The Morgan fingerprint density at radius 1 is 1.24 bits per heavy atom. The van der Waals surface area contributed by atoms with Crippen molar-refractivity contribution < 1.29 is 9.53 Å². The van der Waals surface area contributed by atoms with Crippen LogP contribution in [0.2, 0.25) is 5.02 Å². The number of methoxy groups -OCH3 is 1. The lowest BCUT2D eigenvalue weighted by Gasteiger charge is -2.24. The van der Waals surface area contributed by atoms with Crippen molar-refractivity contribution in [1.29, 1.82) is 0 Å². The van der Waals surface area contributed by atoms with Gasteiger partial charge in [-0.05, 0) is 24.6 Å². The van der Waals surface area contributed by atoms with E-state index in [4.69, 9.17) is 22.1 Å².